The van der Waals surface area contributed by atoms with Crippen LogP contribution in [-0.2, 0) is 10.9 Å². The van der Waals surface area contributed by atoms with Crippen LogP contribution in [0.25, 0.3) is 5.69 Å². The fourth-order valence-electron chi connectivity index (χ4n) is 5.15. The molecule has 16 heteroatoms. The second-order valence-corrected chi connectivity index (χ2v) is 10.8. The normalized spacial score (nSPS) is 16.4. The topological polar surface area (TPSA) is 130 Å². The molecule has 0 bridgehead atoms. The van der Waals surface area contributed by atoms with Crippen molar-refractivity contribution in [3.05, 3.63) is 53.5 Å². The first-order valence-corrected chi connectivity index (χ1v) is 14.6. The number of alkyl halides is 3. The van der Waals surface area contributed by atoms with Crippen LogP contribution in [0.1, 0.15) is 33.0 Å². The number of methoxy groups -OCH3 is 1. The molecule has 2 N–H and O–H groups in total. The number of aromatic nitrogens is 4. The molecule has 2 amide bonds. The molecular formula is C29H36F3N9O4. The summed E-state index contributed by atoms with van der Waals surface area (Å²) in [6.45, 7) is 7.33. The molecule has 45 heavy (non-hydrogen) atoms. The third-order valence-corrected chi connectivity index (χ3v) is 7.70. The van der Waals surface area contributed by atoms with Crippen LogP contribution in [0.4, 0.5) is 24.5 Å². The summed E-state index contributed by atoms with van der Waals surface area (Å²) in [5, 5.41) is 13.6. The van der Waals surface area contributed by atoms with Crippen molar-refractivity contribution in [1.29, 1.82) is 0 Å². The van der Waals surface area contributed by atoms with Crippen LogP contribution in [0.5, 0.6) is 5.88 Å². The van der Waals surface area contributed by atoms with E-state index < -0.39 is 23.3 Å². The molecule has 1 aromatic carbocycles. The number of benzene rings is 1. The number of amides is 2. The van der Waals surface area contributed by atoms with Crippen molar-refractivity contribution in [2.24, 2.45) is 0 Å². The van der Waals surface area contributed by atoms with Gasteiger partial charge in [0.2, 0.25) is 5.88 Å². The number of morpholine rings is 1. The first-order valence-electron chi connectivity index (χ1n) is 14.6. The molecule has 2 saturated heterocycles. The van der Waals surface area contributed by atoms with Gasteiger partial charge in [-0.3, -0.25) is 14.5 Å². The molecule has 0 aliphatic carbocycles. The number of pyridine rings is 1. The molecule has 3 aromatic rings. The van der Waals surface area contributed by atoms with E-state index in [9.17, 15) is 22.8 Å². The van der Waals surface area contributed by atoms with Crippen LogP contribution in [-0.4, -0.2) is 121 Å². The van der Waals surface area contributed by atoms with Crippen molar-refractivity contribution < 1.29 is 32.2 Å². The lowest BCUT2D eigenvalue weighted by atomic mass is 10.1. The van der Waals surface area contributed by atoms with Crippen molar-refractivity contribution in [2.45, 2.75) is 12.6 Å². The van der Waals surface area contributed by atoms with Gasteiger partial charge < -0.3 is 29.9 Å². The number of ether oxygens (including phenoxy) is 2. The highest BCUT2D eigenvalue weighted by molar-refractivity contribution is 6.07. The molecule has 4 heterocycles. The molecular weight excluding hydrogens is 595 g/mol. The lowest BCUT2D eigenvalue weighted by Gasteiger charge is -2.35. The third-order valence-electron chi connectivity index (χ3n) is 7.70. The summed E-state index contributed by atoms with van der Waals surface area (Å²) in [6, 6.07) is 7.34. The van der Waals surface area contributed by atoms with Crippen molar-refractivity contribution in [3.8, 4) is 11.6 Å². The first kappa shape index (κ1) is 32.1. The zero-order valence-corrected chi connectivity index (χ0v) is 25.1. The maximum atomic E-state index is 13.8. The van der Waals surface area contributed by atoms with Gasteiger partial charge in [-0.15, -0.1) is 5.10 Å². The van der Waals surface area contributed by atoms with E-state index in [0.717, 1.165) is 45.2 Å². The van der Waals surface area contributed by atoms with E-state index in [2.05, 4.69) is 35.7 Å². The Morgan fingerprint density at radius 2 is 1.78 bits per heavy atom. The number of halogens is 3. The maximum absolute atomic E-state index is 13.8. The van der Waals surface area contributed by atoms with Gasteiger partial charge in [-0.25, -0.2) is 9.67 Å². The van der Waals surface area contributed by atoms with E-state index >= 15 is 0 Å². The highest BCUT2D eigenvalue weighted by Crippen LogP contribution is 2.34. The Balaban J connectivity index is 1.34. The van der Waals surface area contributed by atoms with Crippen LogP contribution in [0.15, 0.2) is 36.5 Å². The summed E-state index contributed by atoms with van der Waals surface area (Å²) in [6.07, 6.45) is -2.65. The monoisotopic (exact) mass is 631 g/mol. The highest BCUT2D eigenvalue weighted by atomic mass is 19.4. The molecule has 0 unspecified atom stereocenters. The van der Waals surface area contributed by atoms with Gasteiger partial charge >= 0.3 is 6.18 Å². The largest absolute Gasteiger partial charge is 0.481 e. The van der Waals surface area contributed by atoms with Gasteiger partial charge in [-0.1, -0.05) is 5.21 Å². The third kappa shape index (κ3) is 8.06. The van der Waals surface area contributed by atoms with Crippen LogP contribution >= 0.6 is 0 Å². The summed E-state index contributed by atoms with van der Waals surface area (Å²) in [4.78, 5) is 36.0. The summed E-state index contributed by atoms with van der Waals surface area (Å²) in [5.41, 5.74) is -0.538. The predicted molar refractivity (Wildman–Crippen MR) is 159 cm³/mol. The van der Waals surface area contributed by atoms with E-state index in [1.165, 1.54) is 24.1 Å². The van der Waals surface area contributed by atoms with Crippen LogP contribution in [0, 0.1) is 0 Å². The fraction of sp³-hybridized carbons (Fsp3) is 0.483. The minimum atomic E-state index is -4.89. The van der Waals surface area contributed by atoms with Gasteiger partial charge in [0, 0.05) is 51.9 Å². The Morgan fingerprint density at radius 1 is 1.02 bits per heavy atom. The summed E-state index contributed by atoms with van der Waals surface area (Å²) in [7, 11) is 3.20. The maximum Gasteiger partial charge on any atom is 0.434 e. The first-order chi connectivity index (χ1) is 21.6. The Morgan fingerprint density at radius 3 is 2.49 bits per heavy atom. The molecule has 2 aliphatic rings. The fourth-order valence-corrected chi connectivity index (χ4v) is 5.15. The van der Waals surface area contributed by atoms with Crippen LogP contribution < -0.4 is 20.3 Å². The molecule has 2 fully saturated rings. The summed E-state index contributed by atoms with van der Waals surface area (Å²) >= 11 is 0. The summed E-state index contributed by atoms with van der Waals surface area (Å²) < 4.78 is 53.1. The SMILES string of the molecule is COc1ccc(C(=O)Nc2cc(-n3cc(C(=O)NCCCN4CCOCC4)nn3)ccc2N2CCN(C)CC2)c(C(F)(F)F)n1. The van der Waals surface area contributed by atoms with E-state index in [4.69, 9.17) is 9.47 Å². The van der Waals surface area contributed by atoms with Crippen LogP contribution in [0.2, 0.25) is 0 Å². The Labute approximate surface area is 258 Å². The Kier molecular flexibility index (Phi) is 10.1. The van der Waals surface area contributed by atoms with Gasteiger partial charge in [0.1, 0.15) is 0 Å². The van der Waals surface area contributed by atoms with E-state index in [1.807, 2.05) is 11.9 Å². The lowest BCUT2D eigenvalue weighted by Crippen LogP contribution is -2.44. The summed E-state index contributed by atoms with van der Waals surface area (Å²) in [5.74, 6) is -1.62. The molecule has 0 saturated carbocycles. The van der Waals surface area contributed by atoms with Gasteiger partial charge in [0.25, 0.3) is 11.8 Å². The van der Waals surface area contributed by atoms with Gasteiger partial charge in [0.05, 0.1) is 49.1 Å². The van der Waals surface area contributed by atoms with Gasteiger partial charge in [-0.05, 0) is 44.3 Å². The second-order valence-electron chi connectivity index (χ2n) is 10.8. The lowest BCUT2D eigenvalue weighted by molar-refractivity contribution is -0.141. The highest BCUT2D eigenvalue weighted by Gasteiger charge is 2.38. The Bertz CT molecular complexity index is 1490. The number of likely N-dealkylation sites (N-methyl/N-ethyl adjacent to an activating group) is 1. The standard InChI is InChI=1S/C29H36F3N9O4/c1-38-10-12-40(13-11-38)24-6-4-20(18-22(24)34-27(42)21-5-7-25(44-2)35-26(21)29(30,31)32)41-19-23(36-37-41)28(43)33-8-3-9-39-14-16-45-17-15-39/h4-7,18-19H,3,8-17H2,1-2H3,(H,33,43)(H,34,42). The van der Waals surface area contributed by atoms with Gasteiger partial charge in [-0.2, -0.15) is 13.2 Å². The number of carbonyl (C=O) groups excluding carboxylic acids is 2. The number of carbonyl (C=O) groups is 2. The van der Waals surface area contributed by atoms with Crippen molar-refractivity contribution in [2.75, 3.05) is 89.9 Å². The Hall–Kier alpha value is -4.28. The van der Waals surface area contributed by atoms with Crippen molar-refractivity contribution >= 4 is 23.2 Å². The molecule has 2 aliphatic heterocycles. The molecule has 0 spiro atoms. The molecule has 0 atom stereocenters. The molecule has 242 valence electrons. The number of piperazine rings is 1. The minimum Gasteiger partial charge on any atom is -0.481 e. The van der Waals surface area contributed by atoms with E-state index in [0.29, 0.717) is 44.2 Å². The van der Waals surface area contributed by atoms with Crippen LogP contribution in [0.3, 0.4) is 0 Å². The molecule has 2 aromatic heterocycles. The quantitative estimate of drug-likeness (QED) is 0.321. The molecule has 13 nitrogen and oxygen atoms in total. The number of hydrogen-bond acceptors (Lipinski definition) is 10. The number of rotatable bonds is 10. The molecule has 5 rings (SSSR count). The van der Waals surface area contributed by atoms with Gasteiger partial charge in [0.15, 0.2) is 11.4 Å². The number of nitrogens with zero attached hydrogens (tertiary/aromatic N) is 7. The zero-order chi connectivity index (χ0) is 32.0. The average molecular weight is 632 g/mol. The van der Waals surface area contributed by atoms with E-state index in [1.54, 1.807) is 18.2 Å². The predicted octanol–water partition coefficient (Wildman–Crippen LogP) is 2.15. The second kappa shape index (κ2) is 14.2. The van der Waals surface area contributed by atoms with Crippen molar-refractivity contribution in [1.82, 2.24) is 35.1 Å². The minimum absolute atomic E-state index is 0.106. The number of hydrogen-bond donors (Lipinski definition) is 2. The molecule has 0 radical (unpaired) electrons. The smallest absolute Gasteiger partial charge is 0.434 e. The number of anilines is 2. The number of nitrogens with one attached hydrogen (secondary N) is 2. The zero-order valence-electron chi connectivity index (χ0n) is 25.1. The average Bonchev–Trinajstić information content (AvgIpc) is 3.54. The van der Waals surface area contributed by atoms with E-state index in [-0.39, 0.29) is 23.2 Å². The van der Waals surface area contributed by atoms with Crippen molar-refractivity contribution in [3.63, 3.8) is 0 Å².